The fraction of sp³-hybridized carbons (Fsp3) is 0.857. The number of ether oxygens (including phenoxy) is 2. The quantitative estimate of drug-likeness (QED) is 0.809. The molecule has 2 N–H and O–H groups in total. The third-order valence-electron chi connectivity index (χ3n) is 3.19. The Balaban J connectivity index is 2.39. The summed E-state index contributed by atoms with van der Waals surface area (Å²) in [4.78, 5) is 22.8. The standard InChI is InChI=1S/C14H25NO5/c1-14(2,3)20-13(18)15-11(12(16)17)5-4-10-6-8-19-9-7-10/h10-11H,4-9H2,1-3H3,(H,15,18)(H,16,17). The highest BCUT2D eigenvalue weighted by molar-refractivity contribution is 5.79. The van der Waals surface area contributed by atoms with E-state index in [0.717, 1.165) is 32.5 Å². The Kier molecular flexibility index (Phi) is 6.26. The SMILES string of the molecule is CC(C)(C)OC(=O)NC(CCC1CCOCC1)C(=O)O. The minimum Gasteiger partial charge on any atom is -0.480 e. The van der Waals surface area contributed by atoms with Gasteiger partial charge >= 0.3 is 12.1 Å². The molecule has 20 heavy (non-hydrogen) atoms. The van der Waals surface area contributed by atoms with Gasteiger partial charge in [0.15, 0.2) is 0 Å². The van der Waals surface area contributed by atoms with Crippen LogP contribution in [-0.4, -0.2) is 42.0 Å². The maximum Gasteiger partial charge on any atom is 0.408 e. The van der Waals surface area contributed by atoms with Crippen molar-refractivity contribution in [2.45, 2.75) is 58.1 Å². The number of nitrogens with one attached hydrogen (secondary N) is 1. The highest BCUT2D eigenvalue weighted by Crippen LogP contribution is 2.21. The van der Waals surface area contributed by atoms with Crippen molar-refractivity contribution in [2.24, 2.45) is 5.92 Å². The first-order valence-corrected chi connectivity index (χ1v) is 7.08. The van der Waals surface area contributed by atoms with Gasteiger partial charge < -0.3 is 19.9 Å². The zero-order valence-electron chi connectivity index (χ0n) is 12.5. The van der Waals surface area contributed by atoms with Crippen molar-refractivity contribution >= 4 is 12.1 Å². The molecule has 1 amide bonds. The van der Waals surface area contributed by atoms with Crippen LogP contribution in [-0.2, 0) is 14.3 Å². The zero-order chi connectivity index (χ0) is 15.2. The van der Waals surface area contributed by atoms with Gasteiger partial charge in [-0.05, 0) is 52.4 Å². The largest absolute Gasteiger partial charge is 0.480 e. The van der Waals surface area contributed by atoms with Crippen LogP contribution in [0.5, 0.6) is 0 Å². The van der Waals surface area contributed by atoms with Crippen molar-refractivity contribution in [2.75, 3.05) is 13.2 Å². The molecular formula is C14H25NO5. The van der Waals surface area contributed by atoms with E-state index in [1.165, 1.54) is 0 Å². The minimum absolute atomic E-state index is 0.416. The molecule has 1 unspecified atom stereocenters. The highest BCUT2D eigenvalue weighted by Gasteiger charge is 2.25. The lowest BCUT2D eigenvalue weighted by Gasteiger charge is -2.25. The summed E-state index contributed by atoms with van der Waals surface area (Å²) in [5.74, 6) is -0.547. The van der Waals surface area contributed by atoms with E-state index in [2.05, 4.69) is 5.32 Å². The smallest absolute Gasteiger partial charge is 0.408 e. The van der Waals surface area contributed by atoms with Gasteiger partial charge in [0, 0.05) is 13.2 Å². The second kappa shape index (κ2) is 7.47. The van der Waals surface area contributed by atoms with Crippen LogP contribution < -0.4 is 5.32 Å². The predicted molar refractivity (Wildman–Crippen MR) is 73.6 cm³/mol. The average molecular weight is 287 g/mol. The second-order valence-corrected chi connectivity index (χ2v) is 6.17. The average Bonchev–Trinajstić information content (AvgIpc) is 2.33. The van der Waals surface area contributed by atoms with Crippen molar-refractivity contribution in [3.05, 3.63) is 0 Å². The van der Waals surface area contributed by atoms with Crippen LogP contribution in [0.3, 0.4) is 0 Å². The van der Waals surface area contributed by atoms with Crippen LogP contribution in [0.1, 0.15) is 46.5 Å². The van der Waals surface area contributed by atoms with Gasteiger partial charge in [0.05, 0.1) is 0 Å². The molecule has 0 bridgehead atoms. The number of rotatable bonds is 5. The lowest BCUT2D eigenvalue weighted by atomic mass is 9.93. The molecule has 0 saturated carbocycles. The van der Waals surface area contributed by atoms with Crippen molar-refractivity contribution in [3.63, 3.8) is 0 Å². The molecule has 1 aliphatic heterocycles. The normalized spacial score (nSPS) is 18.4. The maximum atomic E-state index is 11.6. The first-order valence-electron chi connectivity index (χ1n) is 7.08. The number of carbonyl (C=O) groups excluding carboxylic acids is 1. The number of amides is 1. The second-order valence-electron chi connectivity index (χ2n) is 6.17. The Morgan fingerprint density at radius 3 is 2.45 bits per heavy atom. The Hall–Kier alpha value is -1.30. The molecule has 1 rings (SSSR count). The Morgan fingerprint density at radius 2 is 1.95 bits per heavy atom. The van der Waals surface area contributed by atoms with E-state index in [0.29, 0.717) is 12.3 Å². The topological polar surface area (TPSA) is 84.9 Å². The van der Waals surface area contributed by atoms with E-state index in [1.54, 1.807) is 20.8 Å². The molecule has 6 heteroatoms. The number of aliphatic carboxylic acids is 1. The summed E-state index contributed by atoms with van der Waals surface area (Å²) in [6, 6.07) is -0.896. The molecule has 1 heterocycles. The number of hydrogen-bond acceptors (Lipinski definition) is 4. The first-order chi connectivity index (χ1) is 9.28. The van der Waals surface area contributed by atoms with Crippen molar-refractivity contribution in [3.8, 4) is 0 Å². The summed E-state index contributed by atoms with van der Waals surface area (Å²) >= 11 is 0. The highest BCUT2D eigenvalue weighted by atomic mass is 16.6. The van der Waals surface area contributed by atoms with Crippen LogP contribution >= 0.6 is 0 Å². The molecule has 1 saturated heterocycles. The van der Waals surface area contributed by atoms with Gasteiger partial charge in [-0.15, -0.1) is 0 Å². The van der Waals surface area contributed by atoms with Gasteiger partial charge in [-0.2, -0.15) is 0 Å². The van der Waals surface area contributed by atoms with Crippen LogP contribution in [0.15, 0.2) is 0 Å². The summed E-state index contributed by atoms with van der Waals surface area (Å²) in [6.45, 7) is 6.70. The van der Waals surface area contributed by atoms with Gasteiger partial charge in [0.1, 0.15) is 11.6 Å². The van der Waals surface area contributed by atoms with E-state index in [9.17, 15) is 9.59 Å². The van der Waals surface area contributed by atoms with Crippen LogP contribution in [0.4, 0.5) is 4.79 Å². The molecule has 1 aliphatic rings. The van der Waals surface area contributed by atoms with Gasteiger partial charge in [-0.1, -0.05) is 0 Å². The van der Waals surface area contributed by atoms with Crippen LogP contribution in [0, 0.1) is 5.92 Å². The molecule has 0 radical (unpaired) electrons. The number of carboxylic acids is 1. The summed E-state index contributed by atoms with van der Waals surface area (Å²) in [5.41, 5.74) is -0.631. The third kappa shape index (κ3) is 6.75. The van der Waals surface area contributed by atoms with Gasteiger partial charge in [-0.3, -0.25) is 0 Å². The summed E-state index contributed by atoms with van der Waals surface area (Å²) in [7, 11) is 0. The third-order valence-corrected chi connectivity index (χ3v) is 3.19. The molecular weight excluding hydrogens is 262 g/mol. The van der Waals surface area contributed by atoms with Crippen LogP contribution in [0.25, 0.3) is 0 Å². The molecule has 1 atom stereocenters. The molecule has 0 aromatic heterocycles. The van der Waals surface area contributed by atoms with Crippen molar-refractivity contribution < 1.29 is 24.2 Å². The van der Waals surface area contributed by atoms with E-state index < -0.39 is 23.7 Å². The van der Waals surface area contributed by atoms with Gasteiger partial charge in [-0.25, -0.2) is 9.59 Å². The molecule has 116 valence electrons. The summed E-state index contributed by atoms with van der Waals surface area (Å²) in [5, 5.41) is 11.6. The molecule has 0 aromatic rings. The van der Waals surface area contributed by atoms with Crippen LogP contribution in [0.2, 0.25) is 0 Å². The Labute approximate surface area is 119 Å². The molecule has 0 aliphatic carbocycles. The number of hydrogen-bond donors (Lipinski definition) is 2. The summed E-state index contributed by atoms with van der Waals surface area (Å²) in [6.07, 6.45) is 2.42. The fourth-order valence-corrected chi connectivity index (χ4v) is 2.14. The molecule has 0 aromatic carbocycles. The van der Waals surface area contributed by atoms with Crippen molar-refractivity contribution in [1.82, 2.24) is 5.32 Å². The zero-order valence-corrected chi connectivity index (χ0v) is 12.5. The summed E-state index contributed by atoms with van der Waals surface area (Å²) < 4.78 is 10.3. The predicted octanol–water partition coefficient (Wildman–Crippen LogP) is 2.17. The first kappa shape index (κ1) is 16.8. The van der Waals surface area contributed by atoms with Gasteiger partial charge in [0.25, 0.3) is 0 Å². The molecule has 1 fully saturated rings. The lowest BCUT2D eigenvalue weighted by Crippen LogP contribution is -2.43. The van der Waals surface area contributed by atoms with Gasteiger partial charge in [0.2, 0.25) is 0 Å². The minimum atomic E-state index is -1.03. The monoisotopic (exact) mass is 287 g/mol. The number of carboxylic acid groups (broad SMARTS) is 1. The molecule has 0 spiro atoms. The van der Waals surface area contributed by atoms with E-state index >= 15 is 0 Å². The van der Waals surface area contributed by atoms with E-state index in [4.69, 9.17) is 14.6 Å². The fourth-order valence-electron chi connectivity index (χ4n) is 2.14. The van der Waals surface area contributed by atoms with E-state index in [1.807, 2.05) is 0 Å². The number of alkyl carbamates (subject to hydrolysis) is 1. The van der Waals surface area contributed by atoms with Crippen molar-refractivity contribution in [1.29, 1.82) is 0 Å². The van der Waals surface area contributed by atoms with E-state index in [-0.39, 0.29) is 0 Å². The Bertz CT molecular complexity index is 331. The Morgan fingerprint density at radius 1 is 1.35 bits per heavy atom. The number of carbonyl (C=O) groups is 2. The maximum absolute atomic E-state index is 11.6. The molecule has 6 nitrogen and oxygen atoms in total. The lowest BCUT2D eigenvalue weighted by molar-refractivity contribution is -0.139.